The van der Waals surface area contributed by atoms with E-state index in [4.69, 9.17) is 21.1 Å². The molecule has 248 valence electrons. The van der Waals surface area contributed by atoms with Crippen LogP contribution in [0.4, 0.5) is 5.69 Å². The molecule has 9 nitrogen and oxygen atoms in total. The van der Waals surface area contributed by atoms with E-state index in [1.165, 1.54) is 36.3 Å². The predicted octanol–water partition coefficient (Wildman–Crippen LogP) is 6.03. The van der Waals surface area contributed by atoms with Gasteiger partial charge in [-0.2, -0.15) is 0 Å². The highest BCUT2D eigenvalue weighted by Crippen LogP contribution is 2.32. The first-order valence-electron chi connectivity index (χ1n) is 15.2. The highest BCUT2D eigenvalue weighted by molar-refractivity contribution is 7.92. The summed E-state index contributed by atoms with van der Waals surface area (Å²) in [6, 6.07) is 26.5. The van der Waals surface area contributed by atoms with Gasteiger partial charge in [0.2, 0.25) is 11.8 Å². The zero-order chi connectivity index (χ0) is 34.0. The van der Waals surface area contributed by atoms with Gasteiger partial charge < -0.3 is 19.7 Å². The molecule has 0 aliphatic carbocycles. The number of nitrogens with one attached hydrogen (secondary N) is 1. The molecule has 1 N–H and O–H groups in total. The van der Waals surface area contributed by atoms with Crippen molar-refractivity contribution >= 4 is 39.1 Å². The maximum atomic E-state index is 14.6. The average molecular weight is 678 g/mol. The number of aryl methyl sites for hydroxylation is 1. The highest BCUT2D eigenvalue weighted by atomic mass is 35.5. The summed E-state index contributed by atoms with van der Waals surface area (Å²) in [5.41, 5.74) is 2.60. The monoisotopic (exact) mass is 677 g/mol. The van der Waals surface area contributed by atoms with Gasteiger partial charge in [-0.1, -0.05) is 78.7 Å². The summed E-state index contributed by atoms with van der Waals surface area (Å²) >= 11 is 6.45. The smallest absolute Gasteiger partial charge is 0.264 e. The summed E-state index contributed by atoms with van der Waals surface area (Å²) in [4.78, 5) is 29.8. The number of halogens is 1. The summed E-state index contributed by atoms with van der Waals surface area (Å²) in [5.74, 6) is 0.0152. The van der Waals surface area contributed by atoms with Crippen molar-refractivity contribution in [1.29, 1.82) is 0 Å². The Kier molecular flexibility index (Phi) is 12.3. The van der Waals surface area contributed by atoms with Crippen molar-refractivity contribution in [3.8, 4) is 11.5 Å². The molecule has 4 aromatic rings. The number of hydrogen-bond donors (Lipinski definition) is 1. The largest absolute Gasteiger partial charge is 0.497 e. The Bertz CT molecular complexity index is 1770. The number of methoxy groups -OCH3 is 2. The zero-order valence-electron chi connectivity index (χ0n) is 27.0. The van der Waals surface area contributed by atoms with Crippen LogP contribution in [0.25, 0.3) is 0 Å². The fraction of sp³-hybridized carbons (Fsp3) is 0.278. The van der Waals surface area contributed by atoms with Crippen molar-refractivity contribution < 1.29 is 27.5 Å². The van der Waals surface area contributed by atoms with Crippen LogP contribution in [0.1, 0.15) is 30.0 Å². The van der Waals surface area contributed by atoms with E-state index in [2.05, 4.69) is 5.32 Å². The quantitative estimate of drug-likeness (QED) is 0.165. The molecule has 1 atom stereocenters. The molecule has 0 spiro atoms. The van der Waals surface area contributed by atoms with Gasteiger partial charge in [0.05, 0.1) is 29.8 Å². The first-order chi connectivity index (χ1) is 22.6. The van der Waals surface area contributed by atoms with E-state index in [9.17, 15) is 18.0 Å². The maximum Gasteiger partial charge on any atom is 0.264 e. The topological polar surface area (TPSA) is 105 Å². The standard InChI is InChI=1S/C36H40ClN3O6S/c1-5-20-38-36(42)33(22-27-10-7-6-8-11-27)39(24-28-12-9-13-30(21-28)45-3)35(41)25-40(29-16-19-34(46-4)32(37)23-29)47(43,44)31-17-14-26(2)15-18-31/h6-19,21,23,33H,5,20,22,24-25H2,1-4H3,(H,38,42). The molecule has 0 aromatic heterocycles. The first-order valence-corrected chi connectivity index (χ1v) is 17.1. The summed E-state index contributed by atoms with van der Waals surface area (Å²) in [5, 5.41) is 3.12. The molecule has 1 unspecified atom stereocenters. The van der Waals surface area contributed by atoms with E-state index in [1.807, 2.05) is 50.2 Å². The van der Waals surface area contributed by atoms with Gasteiger partial charge in [-0.25, -0.2) is 8.42 Å². The lowest BCUT2D eigenvalue weighted by atomic mass is 10.0. The molecule has 2 amide bonds. The van der Waals surface area contributed by atoms with E-state index in [0.717, 1.165) is 15.4 Å². The molecule has 0 aliphatic heterocycles. The van der Waals surface area contributed by atoms with Crippen LogP contribution in [-0.2, 0) is 32.6 Å². The van der Waals surface area contributed by atoms with Crippen LogP contribution in [0.3, 0.4) is 0 Å². The SMILES string of the molecule is CCCNC(=O)C(Cc1ccccc1)N(Cc1cccc(OC)c1)C(=O)CN(c1ccc(OC)c(Cl)c1)S(=O)(=O)c1ccc(C)cc1. The number of amides is 2. The minimum Gasteiger partial charge on any atom is -0.497 e. The van der Waals surface area contributed by atoms with Crippen molar-refractivity contribution in [2.75, 3.05) is 31.6 Å². The van der Waals surface area contributed by atoms with E-state index < -0.39 is 28.5 Å². The number of carbonyl (C=O) groups excluding carboxylic acids is 2. The number of rotatable bonds is 15. The summed E-state index contributed by atoms with van der Waals surface area (Å²) in [6.45, 7) is 3.64. The van der Waals surface area contributed by atoms with Crippen LogP contribution in [0.5, 0.6) is 11.5 Å². The molecular weight excluding hydrogens is 638 g/mol. The Morgan fingerprint density at radius 2 is 1.57 bits per heavy atom. The van der Waals surface area contributed by atoms with Gasteiger partial charge in [0.15, 0.2) is 0 Å². The number of anilines is 1. The third-order valence-electron chi connectivity index (χ3n) is 7.62. The van der Waals surface area contributed by atoms with Gasteiger partial charge >= 0.3 is 0 Å². The molecule has 0 saturated heterocycles. The molecule has 4 aromatic carbocycles. The number of sulfonamides is 1. The number of hydrogen-bond acceptors (Lipinski definition) is 6. The average Bonchev–Trinajstić information content (AvgIpc) is 3.08. The van der Waals surface area contributed by atoms with Crippen molar-refractivity contribution in [2.45, 2.75) is 44.2 Å². The number of ether oxygens (including phenoxy) is 2. The predicted molar refractivity (Wildman–Crippen MR) is 184 cm³/mol. The van der Waals surface area contributed by atoms with Gasteiger partial charge in [0, 0.05) is 19.5 Å². The van der Waals surface area contributed by atoms with Crippen molar-refractivity contribution in [2.24, 2.45) is 0 Å². The minimum atomic E-state index is -4.27. The first kappa shape index (κ1) is 35.3. The van der Waals surface area contributed by atoms with E-state index >= 15 is 0 Å². The third kappa shape index (κ3) is 9.05. The normalized spacial score (nSPS) is 11.8. The Balaban J connectivity index is 1.83. The second-order valence-electron chi connectivity index (χ2n) is 11.0. The molecule has 0 saturated carbocycles. The van der Waals surface area contributed by atoms with Crippen LogP contribution in [0, 0.1) is 6.92 Å². The fourth-order valence-corrected chi connectivity index (χ4v) is 6.72. The van der Waals surface area contributed by atoms with Crippen molar-refractivity contribution in [1.82, 2.24) is 10.2 Å². The van der Waals surface area contributed by atoms with Crippen LogP contribution >= 0.6 is 11.6 Å². The van der Waals surface area contributed by atoms with Crippen LogP contribution in [0.2, 0.25) is 5.02 Å². The summed E-state index contributed by atoms with van der Waals surface area (Å²) < 4.78 is 40.2. The van der Waals surface area contributed by atoms with E-state index in [-0.39, 0.29) is 34.5 Å². The van der Waals surface area contributed by atoms with Gasteiger partial charge in [-0.05, 0) is 66.9 Å². The molecule has 11 heteroatoms. The number of benzene rings is 4. The van der Waals surface area contributed by atoms with Crippen molar-refractivity contribution in [3.05, 3.63) is 119 Å². The number of nitrogens with zero attached hydrogens (tertiary/aromatic N) is 2. The fourth-order valence-electron chi connectivity index (χ4n) is 5.06. The Morgan fingerprint density at radius 3 is 2.21 bits per heavy atom. The molecular formula is C36H40ClN3O6S. The second kappa shape index (κ2) is 16.3. The van der Waals surface area contributed by atoms with E-state index in [1.54, 1.807) is 43.5 Å². The molecule has 0 fully saturated rings. The Labute approximate surface area is 282 Å². The van der Waals surface area contributed by atoms with E-state index in [0.29, 0.717) is 30.0 Å². The Morgan fingerprint density at radius 1 is 0.872 bits per heavy atom. The molecule has 0 radical (unpaired) electrons. The van der Waals surface area contributed by atoms with Crippen LogP contribution < -0.4 is 19.1 Å². The highest BCUT2D eigenvalue weighted by Gasteiger charge is 2.35. The molecule has 0 bridgehead atoms. The minimum absolute atomic E-state index is 0.00344. The lowest BCUT2D eigenvalue weighted by Gasteiger charge is -2.34. The van der Waals surface area contributed by atoms with Crippen LogP contribution in [-0.4, -0.2) is 58.5 Å². The molecule has 4 rings (SSSR count). The Hall–Kier alpha value is -4.54. The second-order valence-corrected chi connectivity index (χ2v) is 13.3. The molecule has 0 heterocycles. The number of carbonyl (C=O) groups is 2. The van der Waals surface area contributed by atoms with Crippen molar-refractivity contribution in [3.63, 3.8) is 0 Å². The van der Waals surface area contributed by atoms with Gasteiger partial charge in [-0.15, -0.1) is 0 Å². The molecule has 47 heavy (non-hydrogen) atoms. The third-order valence-corrected chi connectivity index (χ3v) is 9.70. The maximum absolute atomic E-state index is 14.6. The summed E-state index contributed by atoms with van der Waals surface area (Å²) in [6.07, 6.45) is 0.916. The zero-order valence-corrected chi connectivity index (χ0v) is 28.6. The lowest BCUT2D eigenvalue weighted by Crippen LogP contribution is -2.53. The van der Waals surface area contributed by atoms with Gasteiger partial charge in [0.1, 0.15) is 24.1 Å². The van der Waals surface area contributed by atoms with Crippen LogP contribution in [0.15, 0.2) is 102 Å². The lowest BCUT2D eigenvalue weighted by molar-refractivity contribution is -0.140. The van der Waals surface area contributed by atoms with Gasteiger partial charge in [-0.3, -0.25) is 13.9 Å². The molecule has 0 aliphatic rings. The summed E-state index contributed by atoms with van der Waals surface area (Å²) in [7, 11) is -1.27. The van der Waals surface area contributed by atoms with Gasteiger partial charge in [0.25, 0.3) is 10.0 Å².